The third kappa shape index (κ3) is 4.06. The van der Waals surface area contributed by atoms with Crippen molar-refractivity contribution >= 4 is 15.9 Å². The number of nitrogens with zero attached hydrogens (tertiary/aromatic N) is 1. The second kappa shape index (κ2) is 7.21. The molecule has 1 atom stereocenters. The Morgan fingerprint density at radius 3 is 2.64 bits per heavy atom. The van der Waals surface area contributed by atoms with Crippen molar-refractivity contribution in [2.24, 2.45) is 5.73 Å². The number of nitrogens with two attached hydrogens (primary N) is 1. The van der Waals surface area contributed by atoms with Gasteiger partial charge in [-0.15, -0.1) is 0 Å². The van der Waals surface area contributed by atoms with E-state index in [1.807, 2.05) is 4.90 Å². The number of amides is 1. The van der Waals surface area contributed by atoms with Crippen LogP contribution in [0.25, 0.3) is 0 Å². The maximum Gasteiger partial charge on any atom is 0.254 e. The molecule has 0 aromatic heterocycles. The summed E-state index contributed by atoms with van der Waals surface area (Å²) in [7, 11) is -3.21. The number of nitrogens with one attached hydrogen (secondary N) is 1. The number of likely N-dealkylation sites (tertiary alicyclic amines) is 1. The lowest BCUT2D eigenvalue weighted by Gasteiger charge is -2.23. The number of hydrogen-bond acceptors (Lipinski definition) is 4. The normalized spacial score (nSPS) is 18.6. The monoisotopic (exact) mass is 325 g/mol. The molecule has 6 nitrogen and oxygen atoms in total. The smallest absolute Gasteiger partial charge is 0.254 e. The van der Waals surface area contributed by atoms with Gasteiger partial charge in [-0.3, -0.25) is 4.79 Å². The highest BCUT2D eigenvalue weighted by Crippen LogP contribution is 2.19. The Hall–Kier alpha value is -1.44. The second-order valence-electron chi connectivity index (χ2n) is 5.45. The molecule has 1 saturated heterocycles. The van der Waals surface area contributed by atoms with Crippen LogP contribution in [0.5, 0.6) is 0 Å². The summed E-state index contributed by atoms with van der Waals surface area (Å²) in [6, 6.07) is 7.16. The van der Waals surface area contributed by atoms with E-state index in [9.17, 15) is 13.2 Å². The fourth-order valence-electron chi connectivity index (χ4n) is 2.57. The topological polar surface area (TPSA) is 92.5 Å². The zero-order valence-corrected chi connectivity index (χ0v) is 13.6. The fourth-order valence-corrected chi connectivity index (χ4v) is 3.17. The standard InChI is InChI=1S/C15H23N3O3S/c1-2-22(20,21)17-11-12-5-7-13(8-6-12)15(19)18-9-3-4-14(18)10-16/h5-8,14,17H,2-4,9-11,16H2,1H3. The van der Waals surface area contributed by atoms with Gasteiger partial charge >= 0.3 is 0 Å². The van der Waals surface area contributed by atoms with Gasteiger partial charge in [0.25, 0.3) is 5.91 Å². The Morgan fingerprint density at radius 2 is 2.05 bits per heavy atom. The Labute approximate surface area is 131 Å². The van der Waals surface area contributed by atoms with Crippen molar-refractivity contribution in [3.8, 4) is 0 Å². The van der Waals surface area contributed by atoms with Gasteiger partial charge in [-0.25, -0.2) is 13.1 Å². The van der Waals surface area contributed by atoms with E-state index in [-0.39, 0.29) is 24.2 Å². The third-order valence-electron chi connectivity index (χ3n) is 3.99. The molecule has 0 bridgehead atoms. The van der Waals surface area contributed by atoms with Crippen molar-refractivity contribution < 1.29 is 13.2 Å². The summed E-state index contributed by atoms with van der Waals surface area (Å²) < 4.78 is 25.3. The number of sulfonamides is 1. The molecule has 1 aliphatic heterocycles. The molecule has 1 aromatic carbocycles. The highest BCUT2D eigenvalue weighted by Gasteiger charge is 2.28. The van der Waals surface area contributed by atoms with Crippen LogP contribution in [0.1, 0.15) is 35.7 Å². The minimum absolute atomic E-state index is 0.00589. The SMILES string of the molecule is CCS(=O)(=O)NCc1ccc(C(=O)N2CCCC2CN)cc1. The Bertz CT molecular complexity index is 613. The Kier molecular flexibility index (Phi) is 5.55. The first-order valence-corrected chi connectivity index (χ1v) is 9.19. The van der Waals surface area contributed by atoms with Gasteiger partial charge in [-0.1, -0.05) is 12.1 Å². The van der Waals surface area contributed by atoms with Crippen LogP contribution in [-0.2, 0) is 16.6 Å². The van der Waals surface area contributed by atoms with E-state index in [0.29, 0.717) is 12.1 Å². The highest BCUT2D eigenvalue weighted by molar-refractivity contribution is 7.89. The van der Waals surface area contributed by atoms with Crippen LogP contribution in [0.2, 0.25) is 0 Å². The van der Waals surface area contributed by atoms with Gasteiger partial charge in [-0.05, 0) is 37.5 Å². The van der Waals surface area contributed by atoms with Gasteiger partial charge in [0, 0.05) is 31.2 Å². The zero-order chi connectivity index (χ0) is 16.2. The molecule has 1 aromatic rings. The quantitative estimate of drug-likeness (QED) is 0.805. The van der Waals surface area contributed by atoms with Gasteiger partial charge in [-0.2, -0.15) is 0 Å². The minimum Gasteiger partial charge on any atom is -0.334 e. The van der Waals surface area contributed by atoms with Crippen LogP contribution < -0.4 is 10.5 Å². The van der Waals surface area contributed by atoms with Crippen LogP contribution in [-0.4, -0.2) is 44.1 Å². The summed E-state index contributed by atoms with van der Waals surface area (Å²) in [5.74, 6) is 0.0487. The van der Waals surface area contributed by atoms with Crippen LogP contribution >= 0.6 is 0 Å². The maximum atomic E-state index is 12.4. The summed E-state index contributed by atoms with van der Waals surface area (Å²) in [5, 5.41) is 0. The average Bonchev–Trinajstić information content (AvgIpc) is 3.01. The molecule has 1 fully saturated rings. The molecular weight excluding hydrogens is 302 g/mol. The van der Waals surface area contributed by atoms with Crippen molar-refractivity contribution in [3.05, 3.63) is 35.4 Å². The third-order valence-corrected chi connectivity index (χ3v) is 5.33. The van der Waals surface area contributed by atoms with E-state index in [1.165, 1.54) is 0 Å². The summed E-state index contributed by atoms with van der Waals surface area (Å²) in [4.78, 5) is 14.3. The molecule has 122 valence electrons. The predicted molar refractivity (Wildman–Crippen MR) is 85.9 cm³/mol. The van der Waals surface area contributed by atoms with Crippen LogP contribution in [0.3, 0.4) is 0 Å². The van der Waals surface area contributed by atoms with Gasteiger partial charge < -0.3 is 10.6 Å². The Morgan fingerprint density at radius 1 is 1.36 bits per heavy atom. The molecule has 7 heteroatoms. The molecule has 2 rings (SSSR count). The summed E-state index contributed by atoms with van der Waals surface area (Å²) in [5.41, 5.74) is 7.14. The van der Waals surface area contributed by atoms with Crippen molar-refractivity contribution in [2.75, 3.05) is 18.8 Å². The maximum absolute atomic E-state index is 12.4. The zero-order valence-electron chi connectivity index (χ0n) is 12.8. The summed E-state index contributed by atoms with van der Waals surface area (Å²) >= 11 is 0. The van der Waals surface area contributed by atoms with E-state index in [2.05, 4.69) is 4.72 Å². The number of hydrogen-bond donors (Lipinski definition) is 2. The molecule has 3 N–H and O–H groups in total. The van der Waals surface area contributed by atoms with Gasteiger partial charge in [0.15, 0.2) is 0 Å². The van der Waals surface area contributed by atoms with Crippen molar-refractivity contribution in [1.82, 2.24) is 9.62 Å². The molecule has 0 saturated carbocycles. The van der Waals surface area contributed by atoms with Crippen LogP contribution in [0.15, 0.2) is 24.3 Å². The molecular formula is C15H23N3O3S. The first-order valence-electron chi connectivity index (χ1n) is 7.54. The lowest BCUT2D eigenvalue weighted by Crippen LogP contribution is -2.39. The highest BCUT2D eigenvalue weighted by atomic mass is 32.2. The van der Waals surface area contributed by atoms with Gasteiger partial charge in [0.2, 0.25) is 10.0 Å². The molecule has 1 aliphatic rings. The van der Waals surface area contributed by atoms with Crippen molar-refractivity contribution in [3.63, 3.8) is 0 Å². The van der Waals surface area contributed by atoms with E-state index in [1.54, 1.807) is 31.2 Å². The average molecular weight is 325 g/mol. The van der Waals surface area contributed by atoms with Crippen LogP contribution in [0.4, 0.5) is 0 Å². The molecule has 1 heterocycles. The van der Waals surface area contributed by atoms with Crippen molar-refractivity contribution in [2.45, 2.75) is 32.4 Å². The van der Waals surface area contributed by atoms with E-state index >= 15 is 0 Å². The van der Waals surface area contributed by atoms with Crippen LogP contribution in [0, 0.1) is 0 Å². The first-order chi connectivity index (χ1) is 10.5. The van der Waals surface area contributed by atoms with Crippen molar-refractivity contribution in [1.29, 1.82) is 0 Å². The molecule has 1 unspecified atom stereocenters. The van der Waals surface area contributed by atoms with Gasteiger partial charge in [0.1, 0.15) is 0 Å². The summed E-state index contributed by atoms with van der Waals surface area (Å²) in [6.07, 6.45) is 1.95. The fraction of sp³-hybridized carbons (Fsp3) is 0.533. The molecule has 1 amide bonds. The number of benzene rings is 1. The lowest BCUT2D eigenvalue weighted by molar-refractivity contribution is 0.0741. The van der Waals surface area contributed by atoms with E-state index in [4.69, 9.17) is 5.73 Å². The predicted octanol–water partition coefficient (Wildman–Crippen LogP) is 0.689. The van der Waals surface area contributed by atoms with E-state index < -0.39 is 10.0 Å². The Balaban J connectivity index is 2.01. The minimum atomic E-state index is -3.21. The second-order valence-corrected chi connectivity index (χ2v) is 7.55. The largest absolute Gasteiger partial charge is 0.334 e. The lowest BCUT2D eigenvalue weighted by atomic mass is 10.1. The molecule has 0 radical (unpaired) electrons. The first kappa shape index (κ1) is 16.9. The molecule has 0 spiro atoms. The molecule has 0 aliphatic carbocycles. The molecule has 22 heavy (non-hydrogen) atoms. The van der Waals surface area contributed by atoms with Gasteiger partial charge in [0.05, 0.1) is 5.75 Å². The number of carbonyl (C=O) groups excluding carboxylic acids is 1. The number of carbonyl (C=O) groups is 1. The summed E-state index contributed by atoms with van der Waals surface area (Å²) in [6.45, 7) is 3.06. The van der Waals surface area contributed by atoms with E-state index in [0.717, 1.165) is 24.9 Å². The number of rotatable bonds is 6.